The Hall–Kier alpha value is -1.35. The smallest absolute Gasteiger partial charge is 0.0926 e. The summed E-state index contributed by atoms with van der Waals surface area (Å²) in [5, 5.41) is 8.66. The molecule has 0 unspecified atom stereocenters. The molecule has 0 atom stereocenters. The maximum atomic E-state index is 4.34. The van der Waals surface area contributed by atoms with Gasteiger partial charge in [0.15, 0.2) is 0 Å². The van der Waals surface area contributed by atoms with Crippen LogP contribution in [0.1, 0.15) is 5.56 Å². The zero-order chi connectivity index (χ0) is 9.26. The first kappa shape index (κ1) is 8.26. The molecular formula is C10H13N3. The summed E-state index contributed by atoms with van der Waals surface area (Å²) in [4.78, 5) is 0. The van der Waals surface area contributed by atoms with Gasteiger partial charge in [0.1, 0.15) is 0 Å². The average molecular weight is 175 g/mol. The fourth-order valence-electron chi connectivity index (χ4n) is 1.50. The van der Waals surface area contributed by atoms with Crippen molar-refractivity contribution in [2.45, 2.75) is 6.54 Å². The van der Waals surface area contributed by atoms with Crippen molar-refractivity contribution >= 4 is 10.9 Å². The second-order valence-corrected chi connectivity index (χ2v) is 3.23. The van der Waals surface area contributed by atoms with E-state index < -0.39 is 0 Å². The van der Waals surface area contributed by atoms with Gasteiger partial charge in [0.25, 0.3) is 0 Å². The Balaban J connectivity index is 2.48. The van der Waals surface area contributed by atoms with Crippen LogP contribution in [0.5, 0.6) is 0 Å². The van der Waals surface area contributed by atoms with Crippen molar-refractivity contribution in [1.29, 1.82) is 0 Å². The third kappa shape index (κ3) is 1.55. The van der Waals surface area contributed by atoms with Crippen molar-refractivity contribution in [3.63, 3.8) is 0 Å². The van der Waals surface area contributed by atoms with Crippen LogP contribution >= 0.6 is 0 Å². The third-order valence-corrected chi connectivity index (χ3v) is 2.07. The molecule has 1 aromatic heterocycles. The highest BCUT2D eigenvalue weighted by Crippen LogP contribution is 2.13. The van der Waals surface area contributed by atoms with E-state index >= 15 is 0 Å². The van der Waals surface area contributed by atoms with Crippen molar-refractivity contribution in [3.05, 3.63) is 30.0 Å². The van der Waals surface area contributed by atoms with Gasteiger partial charge in [-0.3, -0.25) is 4.68 Å². The Morgan fingerprint density at radius 2 is 2.31 bits per heavy atom. The molecule has 3 heteroatoms. The molecule has 1 N–H and O–H groups in total. The molecule has 0 amide bonds. The second-order valence-electron chi connectivity index (χ2n) is 3.23. The minimum absolute atomic E-state index is 0.895. The monoisotopic (exact) mass is 175 g/mol. The minimum atomic E-state index is 0.895. The lowest BCUT2D eigenvalue weighted by Crippen LogP contribution is -2.04. The normalized spacial score (nSPS) is 10.9. The van der Waals surface area contributed by atoms with Gasteiger partial charge in [0, 0.05) is 25.2 Å². The molecule has 0 aliphatic heterocycles. The molecule has 0 aliphatic rings. The zero-order valence-corrected chi connectivity index (χ0v) is 7.91. The topological polar surface area (TPSA) is 29.9 Å². The van der Waals surface area contributed by atoms with Crippen molar-refractivity contribution in [2.24, 2.45) is 7.05 Å². The summed E-state index contributed by atoms with van der Waals surface area (Å²) in [5.74, 6) is 0. The van der Waals surface area contributed by atoms with Gasteiger partial charge in [-0.2, -0.15) is 5.10 Å². The zero-order valence-electron chi connectivity index (χ0n) is 7.91. The van der Waals surface area contributed by atoms with E-state index in [-0.39, 0.29) is 0 Å². The van der Waals surface area contributed by atoms with Gasteiger partial charge in [-0.25, -0.2) is 0 Å². The van der Waals surface area contributed by atoms with Crippen LogP contribution in [-0.2, 0) is 13.6 Å². The van der Waals surface area contributed by atoms with E-state index in [9.17, 15) is 0 Å². The summed E-state index contributed by atoms with van der Waals surface area (Å²) < 4.78 is 1.84. The van der Waals surface area contributed by atoms with Crippen LogP contribution in [0.4, 0.5) is 0 Å². The fraction of sp³-hybridized carbons (Fsp3) is 0.300. The van der Waals surface area contributed by atoms with Crippen molar-refractivity contribution in [3.8, 4) is 0 Å². The molecule has 1 aromatic carbocycles. The second kappa shape index (κ2) is 3.18. The molecule has 0 bridgehead atoms. The lowest BCUT2D eigenvalue weighted by molar-refractivity contribution is 0.778. The standard InChI is InChI=1S/C10H13N3/c1-11-6-8-3-4-9-7-13(2)12-10(9)5-8/h3-5,7,11H,6H2,1-2H3. The van der Waals surface area contributed by atoms with Crippen LogP contribution in [0.25, 0.3) is 10.9 Å². The quantitative estimate of drug-likeness (QED) is 0.745. The van der Waals surface area contributed by atoms with Crippen LogP contribution in [0.2, 0.25) is 0 Å². The number of hydrogen-bond donors (Lipinski definition) is 1. The molecule has 0 saturated carbocycles. The molecule has 0 radical (unpaired) electrons. The third-order valence-electron chi connectivity index (χ3n) is 2.07. The fourth-order valence-corrected chi connectivity index (χ4v) is 1.50. The van der Waals surface area contributed by atoms with Gasteiger partial charge < -0.3 is 5.32 Å². The van der Waals surface area contributed by atoms with E-state index in [2.05, 4.69) is 28.6 Å². The predicted octanol–water partition coefficient (Wildman–Crippen LogP) is 1.29. The lowest BCUT2D eigenvalue weighted by atomic mass is 10.2. The predicted molar refractivity (Wildman–Crippen MR) is 53.5 cm³/mol. The van der Waals surface area contributed by atoms with Gasteiger partial charge >= 0.3 is 0 Å². The number of fused-ring (bicyclic) bond motifs is 1. The van der Waals surface area contributed by atoms with Gasteiger partial charge in [0.05, 0.1) is 5.52 Å². The number of aryl methyl sites for hydroxylation is 1. The molecule has 0 saturated heterocycles. The van der Waals surface area contributed by atoms with Crippen LogP contribution in [0, 0.1) is 0 Å². The van der Waals surface area contributed by atoms with Crippen LogP contribution in [0.15, 0.2) is 24.4 Å². The lowest BCUT2D eigenvalue weighted by Gasteiger charge is -1.97. The number of rotatable bonds is 2. The maximum Gasteiger partial charge on any atom is 0.0926 e. The van der Waals surface area contributed by atoms with Crippen molar-refractivity contribution in [1.82, 2.24) is 15.1 Å². The first-order valence-corrected chi connectivity index (χ1v) is 4.36. The molecule has 0 fully saturated rings. The summed E-state index contributed by atoms with van der Waals surface area (Å²) in [5.41, 5.74) is 2.34. The van der Waals surface area contributed by atoms with Gasteiger partial charge in [-0.1, -0.05) is 12.1 Å². The molecule has 2 rings (SSSR count). The Morgan fingerprint density at radius 1 is 1.46 bits per heavy atom. The van der Waals surface area contributed by atoms with Gasteiger partial charge in [0.2, 0.25) is 0 Å². The van der Waals surface area contributed by atoms with E-state index in [1.54, 1.807) is 0 Å². The molecular weight excluding hydrogens is 162 g/mol. The highest BCUT2D eigenvalue weighted by molar-refractivity contribution is 5.78. The number of nitrogens with one attached hydrogen (secondary N) is 1. The molecule has 68 valence electrons. The SMILES string of the molecule is CNCc1ccc2cn(C)nc2c1. The summed E-state index contributed by atoms with van der Waals surface area (Å²) in [7, 11) is 3.89. The molecule has 13 heavy (non-hydrogen) atoms. The van der Waals surface area contributed by atoms with Crippen molar-refractivity contribution < 1.29 is 0 Å². The van der Waals surface area contributed by atoms with E-state index in [1.165, 1.54) is 10.9 Å². The summed E-state index contributed by atoms with van der Waals surface area (Å²) in [6.45, 7) is 0.895. The number of nitrogens with zero attached hydrogens (tertiary/aromatic N) is 2. The highest BCUT2D eigenvalue weighted by atomic mass is 15.2. The maximum absolute atomic E-state index is 4.34. The molecule has 3 nitrogen and oxygen atoms in total. The van der Waals surface area contributed by atoms with E-state index in [1.807, 2.05) is 25.0 Å². The Bertz CT molecular complexity index is 417. The summed E-state index contributed by atoms with van der Waals surface area (Å²) >= 11 is 0. The Labute approximate surface area is 77.4 Å². The van der Waals surface area contributed by atoms with Crippen LogP contribution in [0.3, 0.4) is 0 Å². The first-order chi connectivity index (χ1) is 6.29. The van der Waals surface area contributed by atoms with Crippen molar-refractivity contribution in [2.75, 3.05) is 7.05 Å². The number of hydrogen-bond acceptors (Lipinski definition) is 2. The van der Waals surface area contributed by atoms with Gasteiger partial charge in [-0.05, 0) is 18.7 Å². The Morgan fingerprint density at radius 3 is 3.08 bits per heavy atom. The highest BCUT2D eigenvalue weighted by Gasteiger charge is 1.98. The van der Waals surface area contributed by atoms with Crippen LogP contribution < -0.4 is 5.32 Å². The molecule has 0 aliphatic carbocycles. The largest absolute Gasteiger partial charge is 0.316 e. The minimum Gasteiger partial charge on any atom is -0.316 e. The summed E-state index contributed by atoms with van der Waals surface area (Å²) in [6, 6.07) is 6.35. The number of aromatic nitrogens is 2. The van der Waals surface area contributed by atoms with Gasteiger partial charge in [-0.15, -0.1) is 0 Å². The van der Waals surface area contributed by atoms with E-state index in [0.29, 0.717) is 0 Å². The van der Waals surface area contributed by atoms with Crippen LogP contribution in [-0.4, -0.2) is 16.8 Å². The molecule has 1 heterocycles. The van der Waals surface area contributed by atoms with E-state index in [0.717, 1.165) is 12.1 Å². The Kier molecular flexibility index (Phi) is 2.02. The first-order valence-electron chi connectivity index (χ1n) is 4.36. The summed E-state index contributed by atoms with van der Waals surface area (Å²) in [6.07, 6.45) is 2.03. The molecule has 2 aromatic rings. The molecule has 0 spiro atoms. The average Bonchev–Trinajstić information content (AvgIpc) is 2.44. The van der Waals surface area contributed by atoms with E-state index in [4.69, 9.17) is 0 Å². The number of benzene rings is 1.